The molecule has 2 aromatic carbocycles. The first-order valence-electron chi connectivity index (χ1n) is 9.27. The van der Waals surface area contributed by atoms with E-state index in [0.29, 0.717) is 11.1 Å². The molecule has 0 atom stereocenters. The van der Waals surface area contributed by atoms with Gasteiger partial charge in [-0.05, 0) is 54.1 Å². The Kier molecular flexibility index (Phi) is 6.01. The normalized spacial score (nSPS) is 10.5. The highest BCUT2D eigenvalue weighted by molar-refractivity contribution is 7.98. The quantitative estimate of drug-likeness (QED) is 0.381. The van der Waals surface area contributed by atoms with Gasteiger partial charge in [0.1, 0.15) is 0 Å². The zero-order valence-corrected chi connectivity index (χ0v) is 16.7. The molecule has 0 fully saturated rings. The molecule has 6 nitrogen and oxygen atoms in total. The summed E-state index contributed by atoms with van der Waals surface area (Å²) in [6, 6.07) is 20.0. The molecule has 0 aliphatic heterocycles. The molecule has 2 amide bonds. The van der Waals surface area contributed by atoms with E-state index in [9.17, 15) is 9.59 Å². The first kappa shape index (κ1) is 19.6. The first-order chi connectivity index (χ1) is 14.7. The van der Waals surface area contributed by atoms with E-state index in [1.54, 1.807) is 54.5 Å². The van der Waals surface area contributed by atoms with Gasteiger partial charge in [0.2, 0.25) is 0 Å². The molecule has 0 radical (unpaired) electrons. The third-order valence-electron chi connectivity index (χ3n) is 4.42. The van der Waals surface area contributed by atoms with Gasteiger partial charge in [-0.1, -0.05) is 18.2 Å². The van der Waals surface area contributed by atoms with Crippen molar-refractivity contribution in [1.82, 2.24) is 20.8 Å². The van der Waals surface area contributed by atoms with E-state index < -0.39 is 5.91 Å². The SMILES string of the molecule is O=C(NNC(=O)c1cccc2ncccc12)c1ccc(SCc2cccnc2)cc1. The number of aromatic nitrogens is 2. The van der Waals surface area contributed by atoms with E-state index in [4.69, 9.17) is 0 Å². The molecule has 0 saturated heterocycles. The maximum absolute atomic E-state index is 12.5. The Labute approximate surface area is 177 Å². The second-order valence-electron chi connectivity index (χ2n) is 6.46. The van der Waals surface area contributed by atoms with Gasteiger partial charge in [-0.15, -0.1) is 11.8 Å². The zero-order chi connectivity index (χ0) is 20.8. The van der Waals surface area contributed by atoms with Gasteiger partial charge < -0.3 is 0 Å². The van der Waals surface area contributed by atoms with E-state index in [2.05, 4.69) is 20.8 Å². The molecule has 7 heteroatoms. The van der Waals surface area contributed by atoms with Crippen LogP contribution in [-0.4, -0.2) is 21.8 Å². The van der Waals surface area contributed by atoms with Crippen molar-refractivity contribution in [3.05, 3.63) is 102 Å². The lowest BCUT2D eigenvalue weighted by molar-refractivity contribution is 0.0847. The summed E-state index contributed by atoms with van der Waals surface area (Å²) in [5, 5.41) is 0.724. The van der Waals surface area contributed by atoms with Crippen LogP contribution in [0.25, 0.3) is 10.9 Å². The second kappa shape index (κ2) is 9.19. The lowest BCUT2D eigenvalue weighted by Crippen LogP contribution is -2.41. The van der Waals surface area contributed by atoms with E-state index in [1.807, 2.05) is 42.6 Å². The van der Waals surface area contributed by atoms with Gasteiger partial charge in [0.25, 0.3) is 11.8 Å². The fourth-order valence-corrected chi connectivity index (χ4v) is 3.74. The minimum Gasteiger partial charge on any atom is -0.267 e. The van der Waals surface area contributed by atoms with Crippen molar-refractivity contribution in [3.8, 4) is 0 Å². The molecule has 2 aromatic heterocycles. The Morgan fingerprint density at radius 3 is 2.43 bits per heavy atom. The summed E-state index contributed by atoms with van der Waals surface area (Å²) in [5.41, 5.74) is 7.70. The van der Waals surface area contributed by atoms with Crippen molar-refractivity contribution in [3.63, 3.8) is 0 Å². The number of nitrogens with zero attached hydrogens (tertiary/aromatic N) is 2. The molecule has 0 bridgehead atoms. The van der Waals surface area contributed by atoms with E-state index in [-0.39, 0.29) is 5.91 Å². The van der Waals surface area contributed by atoms with Crippen molar-refractivity contribution >= 4 is 34.5 Å². The van der Waals surface area contributed by atoms with Gasteiger partial charge >= 0.3 is 0 Å². The molecule has 148 valence electrons. The number of pyridine rings is 2. The van der Waals surface area contributed by atoms with Crippen molar-refractivity contribution in [2.45, 2.75) is 10.6 Å². The predicted molar refractivity (Wildman–Crippen MR) is 117 cm³/mol. The third kappa shape index (κ3) is 4.64. The zero-order valence-electron chi connectivity index (χ0n) is 15.9. The summed E-state index contributed by atoms with van der Waals surface area (Å²) in [7, 11) is 0. The monoisotopic (exact) mass is 414 g/mol. The molecule has 0 unspecified atom stereocenters. The number of hydrazine groups is 1. The highest BCUT2D eigenvalue weighted by atomic mass is 32.2. The summed E-state index contributed by atoms with van der Waals surface area (Å²) in [5.74, 6) is 0.0195. The molecule has 0 aliphatic carbocycles. The van der Waals surface area contributed by atoms with Gasteiger partial charge in [-0.2, -0.15) is 0 Å². The lowest BCUT2D eigenvalue weighted by Gasteiger charge is -2.09. The van der Waals surface area contributed by atoms with E-state index >= 15 is 0 Å². The lowest BCUT2D eigenvalue weighted by atomic mass is 10.1. The number of rotatable bonds is 5. The molecule has 30 heavy (non-hydrogen) atoms. The average molecular weight is 414 g/mol. The topological polar surface area (TPSA) is 84.0 Å². The van der Waals surface area contributed by atoms with Crippen LogP contribution in [0.5, 0.6) is 0 Å². The van der Waals surface area contributed by atoms with Gasteiger partial charge in [0.05, 0.1) is 11.1 Å². The van der Waals surface area contributed by atoms with Gasteiger partial charge in [-0.25, -0.2) is 0 Å². The number of fused-ring (bicyclic) bond motifs is 1. The smallest absolute Gasteiger partial charge is 0.267 e. The highest BCUT2D eigenvalue weighted by Crippen LogP contribution is 2.22. The van der Waals surface area contributed by atoms with E-state index in [1.165, 1.54) is 0 Å². The van der Waals surface area contributed by atoms with Crippen molar-refractivity contribution in [2.24, 2.45) is 0 Å². The Bertz CT molecular complexity index is 1180. The van der Waals surface area contributed by atoms with Crippen LogP contribution >= 0.6 is 11.8 Å². The molecule has 0 saturated carbocycles. The Balaban J connectivity index is 1.35. The minimum atomic E-state index is -0.398. The van der Waals surface area contributed by atoms with Crippen LogP contribution in [0.3, 0.4) is 0 Å². The first-order valence-corrected chi connectivity index (χ1v) is 10.3. The summed E-state index contributed by atoms with van der Waals surface area (Å²) in [4.78, 5) is 34.3. The van der Waals surface area contributed by atoms with Crippen LogP contribution in [0, 0.1) is 0 Å². The maximum atomic E-state index is 12.5. The third-order valence-corrected chi connectivity index (χ3v) is 5.51. The number of hydrogen-bond donors (Lipinski definition) is 2. The molecule has 0 aliphatic rings. The standard InChI is InChI=1S/C23H18N4O2S/c28-22(17-8-10-18(11-9-17)30-15-16-4-2-12-24-14-16)26-27-23(29)20-5-1-7-21-19(20)6-3-13-25-21/h1-14H,15H2,(H,26,28)(H,27,29). The molecule has 2 N–H and O–H groups in total. The molecular weight excluding hydrogens is 396 g/mol. The Morgan fingerprint density at radius 2 is 1.63 bits per heavy atom. The predicted octanol–water partition coefficient (Wildman–Crippen LogP) is 4.00. The highest BCUT2D eigenvalue weighted by Gasteiger charge is 2.12. The number of benzene rings is 2. The summed E-state index contributed by atoms with van der Waals surface area (Å²) < 4.78 is 0. The van der Waals surface area contributed by atoms with Crippen LogP contribution in [0.15, 0.2) is 90.2 Å². The number of amides is 2. The second-order valence-corrected chi connectivity index (χ2v) is 7.51. The van der Waals surface area contributed by atoms with Crippen LogP contribution in [0.4, 0.5) is 0 Å². The van der Waals surface area contributed by atoms with Gasteiger partial charge in [0.15, 0.2) is 0 Å². The van der Waals surface area contributed by atoms with Crippen LogP contribution in [0.1, 0.15) is 26.3 Å². The number of nitrogens with one attached hydrogen (secondary N) is 2. The fourth-order valence-electron chi connectivity index (χ4n) is 2.91. The molecular formula is C23H18N4O2S. The van der Waals surface area contributed by atoms with Crippen LogP contribution in [-0.2, 0) is 5.75 Å². The Hall–Kier alpha value is -3.71. The maximum Gasteiger partial charge on any atom is 0.270 e. The van der Waals surface area contributed by atoms with Crippen molar-refractivity contribution in [2.75, 3.05) is 0 Å². The number of thioether (sulfide) groups is 1. The Morgan fingerprint density at radius 1 is 0.833 bits per heavy atom. The molecule has 4 aromatic rings. The van der Waals surface area contributed by atoms with E-state index in [0.717, 1.165) is 27.1 Å². The van der Waals surface area contributed by atoms with Crippen molar-refractivity contribution < 1.29 is 9.59 Å². The summed E-state index contributed by atoms with van der Waals surface area (Å²) in [6.07, 6.45) is 5.26. The number of hydrogen-bond acceptors (Lipinski definition) is 5. The molecule has 4 rings (SSSR count). The molecule has 0 spiro atoms. The van der Waals surface area contributed by atoms with Crippen LogP contribution in [0.2, 0.25) is 0 Å². The fraction of sp³-hybridized carbons (Fsp3) is 0.0435. The summed E-state index contributed by atoms with van der Waals surface area (Å²) >= 11 is 1.66. The minimum absolute atomic E-state index is 0.384. The van der Waals surface area contributed by atoms with Gasteiger partial charge in [0, 0.05) is 40.2 Å². The van der Waals surface area contributed by atoms with Crippen LogP contribution < -0.4 is 10.9 Å². The average Bonchev–Trinajstić information content (AvgIpc) is 2.81. The molecule has 2 heterocycles. The largest absolute Gasteiger partial charge is 0.270 e. The van der Waals surface area contributed by atoms with Crippen molar-refractivity contribution in [1.29, 1.82) is 0 Å². The van der Waals surface area contributed by atoms with Gasteiger partial charge in [-0.3, -0.25) is 30.4 Å². The number of carbonyl (C=O) groups excluding carboxylic acids is 2. The summed E-state index contributed by atoms with van der Waals surface area (Å²) in [6.45, 7) is 0. The number of carbonyl (C=O) groups is 2.